The summed E-state index contributed by atoms with van der Waals surface area (Å²) in [5.41, 5.74) is 0. The second kappa shape index (κ2) is 3.43. The molecular weight excluding hydrogens is 108 g/mol. The van der Waals surface area contributed by atoms with Crippen LogP contribution in [-0.4, -0.2) is 23.8 Å². The Hall–Kier alpha value is -0.570. The Labute approximate surface area is 48.3 Å². The van der Waals surface area contributed by atoms with Crippen molar-refractivity contribution in [2.45, 2.75) is 26.1 Å². The first-order chi connectivity index (χ1) is 3.68. The molecule has 0 saturated carbocycles. The minimum atomic E-state index is -0.583. The van der Waals surface area contributed by atoms with Gasteiger partial charge in [0.15, 0.2) is 0 Å². The van der Waals surface area contributed by atoms with Gasteiger partial charge >= 0.3 is 0 Å². The number of aliphatic hydroxyl groups excluding tert-OH is 1. The van der Waals surface area contributed by atoms with Crippen LogP contribution in [0.2, 0.25) is 0 Å². The Morgan fingerprint density at radius 1 is 1.62 bits per heavy atom. The standard InChI is InChI=1S/C5H10O3/c1-4(7)5(2)8-3-6/h3-5,7H,1-2H3. The third-order valence-electron chi connectivity index (χ3n) is 0.950. The van der Waals surface area contributed by atoms with E-state index in [0.29, 0.717) is 6.47 Å². The molecule has 3 nitrogen and oxygen atoms in total. The number of hydrogen-bond donors (Lipinski definition) is 1. The number of carbonyl (C=O) groups excluding carboxylic acids is 1. The van der Waals surface area contributed by atoms with Crippen molar-refractivity contribution in [1.82, 2.24) is 0 Å². The summed E-state index contributed by atoms with van der Waals surface area (Å²) in [5, 5.41) is 8.67. The third kappa shape index (κ3) is 2.58. The molecule has 0 aromatic heterocycles. The van der Waals surface area contributed by atoms with Crippen LogP contribution in [-0.2, 0) is 9.53 Å². The third-order valence-corrected chi connectivity index (χ3v) is 0.950. The Morgan fingerprint density at radius 3 is 2.25 bits per heavy atom. The summed E-state index contributed by atoms with van der Waals surface area (Å²) < 4.78 is 4.37. The van der Waals surface area contributed by atoms with Gasteiger partial charge in [0, 0.05) is 0 Å². The van der Waals surface area contributed by atoms with E-state index in [1.807, 2.05) is 0 Å². The van der Waals surface area contributed by atoms with Crippen LogP contribution in [0.1, 0.15) is 13.8 Å². The van der Waals surface area contributed by atoms with E-state index < -0.39 is 12.2 Å². The summed E-state index contributed by atoms with van der Waals surface area (Å²) in [7, 11) is 0. The Bertz CT molecular complexity index is 70.1. The van der Waals surface area contributed by atoms with Crippen LogP contribution in [0.3, 0.4) is 0 Å². The molecule has 0 fully saturated rings. The quantitative estimate of drug-likeness (QED) is 0.527. The second-order valence-electron chi connectivity index (χ2n) is 1.68. The molecule has 0 rings (SSSR count). The molecule has 2 atom stereocenters. The van der Waals surface area contributed by atoms with Gasteiger partial charge in [0.1, 0.15) is 6.10 Å². The highest BCUT2D eigenvalue weighted by Crippen LogP contribution is 1.93. The number of rotatable bonds is 3. The SMILES string of the molecule is CC(O)C(C)OC=O. The van der Waals surface area contributed by atoms with E-state index in [2.05, 4.69) is 4.74 Å². The Kier molecular flexibility index (Phi) is 3.19. The van der Waals surface area contributed by atoms with Gasteiger partial charge < -0.3 is 9.84 Å². The number of aliphatic hydroxyl groups is 1. The van der Waals surface area contributed by atoms with Gasteiger partial charge in [-0.05, 0) is 13.8 Å². The molecule has 3 heteroatoms. The summed E-state index contributed by atoms with van der Waals surface area (Å²) in [4.78, 5) is 9.59. The molecule has 0 spiro atoms. The summed E-state index contributed by atoms with van der Waals surface area (Å²) in [6.07, 6.45) is -0.979. The van der Waals surface area contributed by atoms with Gasteiger partial charge in [0.05, 0.1) is 6.10 Å². The predicted molar refractivity (Wildman–Crippen MR) is 28.3 cm³/mol. The Morgan fingerprint density at radius 2 is 2.12 bits per heavy atom. The van der Waals surface area contributed by atoms with Gasteiger partial charge in [-0.15, -0.1) is 0 Å². The van der Waals surface area contributed by atoms with E-state index in [0.717, 1.165) is 0 Å². The maximum atomic E-state index is 9.59. The van der Waals surface area contributed by atoms with E-state index >= 15 is 0 Å². The van der Waals surface area contributed by atoms with Gasteiger partial charge in [0.25, 0.3) is 6.47 Å². The smallest absolute Gasteiger partial charge is 0.293 e. The first-order valence-electron chi connectivity index (χ1n) is 2.45. The zero-order valence-electron chi connectivity index (χ0n) is 5.00. The highest BCUT2D eigenvalue weighted by atomic mass is 16.5. The van der Waals surface area contributed by atoms with Crippen LogP contribution in [0.5, 0.6) is 0 Å². The fourth-order valence-corrected chi connectivity index (χ4v) is 0.201. The molecule has 0 amide bonds. The number of ether oxygens (including phenoxy) is 1. The van der Waals surface area contributed by atoms with Crippen molar-refractivity contribution in [1.29, 1.82) is 0 Å². The molecule has 0 heterocycles. The summed E-state index contributed by atoms with van der Waals surface area (Å²) in [5.74, 6) is 0. The zero-order chi connectivity index (χ0) is 6.57. The van der Waals surface area contributed by atoms with Crippen molar-refractivity contribution in [3.63, 3.8) is 0 Å². The lowest BCUT2D eigenvalue weighted by Gasteiger charge is -2.10. The average Bonchev–Trinajstić information content (AvgIpc) is 1.67. The summed E-state index contributed by atoms with van der Waals surface area (Å²) in [6, 6.07) is 0. The predicted octanol–water partition coefficient (Wildman–Crippen LogP) is -0.0713. The molecule has 0 radical (unpaired) electrons. The zero-order valence-corrected chi connectivity index (χ0v) is 5.00. The maximum absolute atomic E-state index is 9.59. The van der Waals surface area contributed by atoms with Crippen LogP contribution in [0.15, 0.2) is 0 Å². The van der Waals surface area contributed by atoms with Crippen molar-refractivity contribution in [3.8, 4) is 0 Å². The van der Waals surface area contributed by atoms with Crippen molar-refractivity contribution in [2.24, 2.45) is 0 Å². The highest BCUT2D eigenvalue weighted by Gasteiger charge is 2.06. The fraction of sp³-hybridized carbons (Fsp3) is 0.800. The molecule has 48 valence electrons. The van der Waals surface area contributed by atoms with Gasteiger partial charge in [0.2, 0.25) is 0 Å². The van der Waals surface area contributed by atoms with Crippen LogP contribution in [0.25, 0.3) is 0 Å². The van der Waals surface area contributed by atoms with E-state index in [1.54, 1.807) is 13.8 Å². The minimum Gasteiger partial charge on any atom is -0.462 e. The lowest BCUT2D eigenvalue weighted by Crippen LogP contribution is -2.21. The van der Waals surface area contributed by atoms with Crippen LogP contribution in [0, 0.1) is 0 Å². The normalized spacial score (nSPS) is 16.9. The minimum absolute atomic E-state index is 0.331. The molecule has 1 N–H and O–H groups in total. The van der Waals surface area contributed by atoms with E-state index in [1.165, 1.54) is 0 Å². The highest BCUT2D eigenvalue weighted by molar-refractivity contribution is 5.37. The van der Waals surface area contributed by atoms with Crippen molar-refractivity contribution >= 4 is 6.47 Å². The first kappa shape index (κ1) is 7.43. The van der Waals surface area contributed by atoms with E-state index in [-0.39, 0.29) is 0 Å². The molecule has 0 aliphatic rings. The van der Waals surface area contributed by atoms with Crippen LogP contribution in [0.4, 0.5) is 0 Å². The largest absolute Gasteiger partial charge is 0.462 e. The molecule has 8 heavy (non-hydrogen) atoms. The first-order valence-corrected chi connectivity index (χ1v) is 2.45. The van der Waals surface area contributed by atoms with Crippen LogP contribution < -0.4 is 0 Å². The molecular formula is C5H10O3. The molecule has 0 saturated heterocycles. The number of carbonyl (C=O) groups is 1. The molecule has 0 bridgehead atoms. The van der Waals surface area contributed by atoms with Crippen molar-refractivity contribution in [2.75, 3.05) is 0 Å². The van der Waals surface area contributed by atoms with Crippen molar-refractivity contribution in [3.05, 3.63) is 0 Å². The molecule has 2 unspecified atom stereocenters. The van der Waals surface area contributed by atoms with Crippen molar-refractivity contribution < 1.29 is 14.6 Å². The maximum Gasteiger partial charge on any atom is 0.293 e. The summed E-state index contributed by atoms with van der Waals surface area (Å²) in [6.45, 7) is 3.52. The summed E-state index contributed by atoms with van der Waals surface area (Å²) >= 11 is 0. The molecule has 0 aromatic carbocycles. The second-order valence-corrected chi connectivity index (χ2v) is 1.68. The van der Waals surface area contributed by atoms with Gasteiger partial charge in [-0.3, -0.25) is 4.79 Å². The lowest BCUT2D eigenvalue weighted by molar-refractivity contribution is -0.137. The van der Waals surface area contributed by atoms with E-state index in [4.69, 9.17) is 5.11 Å². The van der Waals surface area contributed by atoms with Gasteiger partial charge in [-0.25, -0.2) is 0 Å². The molecule has 0 aromatic rings. The molecule has 0 aliphatic heterocycles. The fourth-order valence-electron chi connectivity index (χ4n) is 0.201. The van der Waals surface area contributed by atoms with Crippen LogP contribution >= 0.6 is 0 Å². The number of hydrogen-bond acceptors (Lipinski definition) is 3. The van der Waals surface area contributed by atoms with E-state index in [9.17, 15) is 4.79 Å². The average molecular weight is 118 g/mol. The monoisotopic (exact) mass is 118 g/mol. The van der Waals surface area contributed by atoms with Gasteiger partial charge in [-0.2, -0.15) is 0 Å². The van der Waals surface area contributed by atoms with Gasteiger partial charge in [-0.1, -0.05) is 0 Å². The lowest BCUT2D eigenvalue weighted by atomic mass is 10.3. The topological polar surface area (TPSA) is 46.5 Å². The Balaban J connectivity index is 3.30. The molecule has 0 aliphatic carbocycles.